The largest absolute Gasteiger partial charge is 0.413 e. The highest BCUT2D eigenvalue weighted by Crippen LogP contribution is 2.39. The molecule has 0 saturated carbocycles. The van der Waals surface area contributed by atoms with Crippen LogP contribution in [0.5, 0.6) is 5.75 Å². The van der Waals surface area contributed by atoms with Gasteiger partial charge in [0.1, 0.15) is 13.7 Å². The molecule has 0 bridgehead atoms. The average molecular weight is 321 g/mol. The Bertz CT molecular complexity index is 595. The van der Waals surface area contributed by atoms with Crippen LogP contribution in [0.15, 0.2) is 12.1 Å². The average Bonchev–Trinajstić information content (AvgIpc) is 2.39. The van der Waals surface area contributed by atoms with E-state index in [1.165, 1.54) is 8.40 Å². The summed E-state index contributed by atoms with van der Waals surface area (Å²) in [6.07, 6.45) is 0. The first kappa shape index (κ1) is 14.0. The third-order valence-electron chi connectivity index (χ3n) is 2.26. The second-order valence-electron chi connectivity index (χ2n) is 3.46. The zero-order valence-corrected chi connectivity index (χ0v) is 12.4. The molecular weight excluding hydrogens is 307 g/mol. The van der Waals surface area contributed by atoms with Crippen molar-refractivity contribution >= 4 is 41.7 Å². The normalized spacial score (nSPS) is 12.8. The first-order valence-electron chi connectivity index (χ1n) is 4.89. The molecule has 1 heterocycles. The molecule has 0 spiro atoms. The Morgan fingerprint density at radius 3 is 2.53 bits per heavy atom. The van der Waals surface area contributed by atoms with Crippen molar-refractivity contribution in [1.29, 1.82) is 0 Å². The van der Waals surface area contributed by atoms with Crippen molar-refractivity contribution in [3.8, 4) is 5.75 Å². The van der Waals surface area contributed by atoms with Gasteiger partial charge in [-0.1, -0.05) is 0 Å². The molecule has 13 heteroatoms. The van der Waals surface area contributed by atoms with Crippen molar-refractivity contribution in [3.05, 3.63) is 12.1 Å². The molecule has 2 unspecified atom stereocenters. The van der Waals surface area contributed by atoms with E-state index in [1.54, 1.807) is 12.1 Å². The SMILES string of the molecule is Nc1ccc(Op2npn(N)p(N)n2N)c(N)c1N. The summed E-state index contributed by atoms with van der Waals surface area (Å²) in [5.41, 5.74) is 23.9. The number of benzene rings is 1. The number of hydrogen-bond donors (Lipinski definition) is 6. The maximum atomic E-state index is 5.82. The van der Waals surface area contributed by atoms with Gasteiger partial charge in [0.25, 0.3) is 8.08 Å². The lowest BCUT2D eigenvalue weighted by Crippen LogP contribution is -2.18. The molecule has 1 aromatic carbocycles. The molecular formula is C6H14N9OP3. The number of nitrogens with zero attached hydrogens (tertiary/aromatic N) is 3. The van der Waals surface area contributed by atoms with Gasteiger partial charge in [-0.2, -0.15) is 4.20 Å². The molecule has 0 amide bonds. The number of rotatable bonds is 2. The number of anilines is 3. The Morgan fingerprint density at radius 2 is 1.84 bits per heavy atom. The van der Waals surface area contributed by atoms with Crippen LogP contribution in [-0.2, 0) is 0 Å². The smallest absolute Gasteiger partial charge is 0.282 e. The van der Waals surface area contributed by atoms with Gasteiger partial charge in [-0.05, 0) is 12.1 Å². The fraction of sp³-hybridized carbons (Fsp3) is 0. The third-order valence-corrected chi connectivity index (χ3v) is 6.73. The summed E-state index contributed by atoms with van der Waals surface area (Å²) in [7, 11) is -2.34. The van der Waals surface area contributed by atoms with Crippen LogP contribution in [0.2, 0.25) is 0 Å². The van der Waals surface area contributed by atoms with Crippen LogP contribution in [0.4, 0.5) is 17.1 Å². The van der Waals surface area contributed by atoms with Crippen molar-refractivity contribution in [2.75, 3.05) is 34.4 Å². The van der Waals surface area contributed by atoms with E-state index in [2.05, 4.69) is 4.51 Å². The molecule has 0 aliphatic rings. The van der Waals surface area contributed by atoms with E-state index >= 15 is 0 Å². The predicted octanol–water partition coefficient (Wildman–Crippen LogP) is 0.0924. The van der Waals surface area contributed by atoms with E-state index in [1.807, 2.05) is 0 Å². The maximum Gasteiger partial charge on any atom is 0.282 e. The van der Waals surface area contributed by atoms with Gasteiger partial charge in [0.2, 0.25) is 0 Å². The summed E-state index contributed by atoms with van der Waals surface area (Å²) in [4.78, 5) is 0. The molecule has 2 aromatic rings. The van der Waals surface area contributed by atoms with Crippen LogP contribution in [0.3, 0.4) is 0 Å². The Balaban J connectivity index is 2.43. The zero-order chi connectivity index (χ0) is 14.2. The van der Waals surface area contributed by atoms with Gasteiger partial charge < -0.3 is 21.7 Å². The van der Waals surface area contributed by atoms with E-state index in [9.17, 15) is 0 Å². The molecule has 12 N–H and O–H groups in total. The molecule has 0 aliphatic carbocycles. The van der Waals surface area contributed by atoms with E-state index in [4.69, 9.17) is 38.9 Å². The third kappa shape index (κ3) is 2.64. The fourth-order valence-electron chi connectivity index (χ4n) is 1.19. The summed E-state index contributed by atoms with van der Waals surface area (Å²) in [6.45, 7) is 0. The molecule has 0 radical (unpaired) electrons. The van der Waals surface area contributed by atoms with Gasteiger partial charge in [0.15, 0.2) is 14.3 Å². The van der Waals surface area contributed by atoms with Crippen molar-refractivity contribution in [2.24, 2.45) is 0 Å². The minimum Gasteiger partial charge on any atom is -0.413 e. The van der Waals surface area contributed by atoms with Crippen molar-refractivity contribution < 1.29 is 4.52 Å². The van der Waals surface area contributed by atoms with Crippen LogP contribution in [0.25, 0.3) is 0 Å². The van der Waals surface area contributed by atoms with Crippen LogP contribution in [0, 0.1) is 0 Å². The zero-order valence-electron chi connectivity index (χ0n) is 9.71. The second-order valence-corrected chi connectivity index (χ2v) is 8.04. The quantitative estimate of drug-likeness (QED) is 0.331. The molecule has 104 valence electrons. The van der Waals surface area contributed by atoms with Gasteiger partial charge >= 0.3 is 0 Å². The van der Waals surface area contributed by atoms with Crippen molar-refractivity contribution in [1.82, 2.24) is 12.9 Å². The van der Waals surface area contributed by atoms with E-state index in [0.717, 1.165) is 0 Å². The lowest BCUT2D eigenvalue weighted by Gasteiger charge is -2.15. The van der Waals surface area contributed by atoms with Crippen molar-refractivity contribution in [2.45, 2.75) is 0 Å². The summed E-state index contributed by atoms with van der Waals surface area (Å²) in [6, 6.07) is 3.20. The van der Waals surface area contributed by atoms with Crippen LogP contribution >= 0.6 is 24.6 Å². The molecule has 0 saturated heterocycles. The van der Waals surface area contributed by atoms with Crippen LogP contribution in [-0.4, -0.2) is 12.9 Å². The standard InChI is InChI=1S/C6H14N9OP3/c7-3-1-2-4(6(9)5(3)8)16-19-13-17-14(10)18(12)15(19)11/h1-2H,7-12H2. The van der Waals surface area contributed by atoms with E-state index in [0.29, 0.717) is 19.9 Å². The minimum atomic E-state index is -1.48. The Morgan fingerprint density at radius 1 is 1.16 bits per heavy atom. The van der Waals surface area contributed by atoms with Gasteiger partial charge in [-0.25, -0.2) is 15.9 Å². The number of nitrogens with two attached hydrogens (primary N) is 6. The Labute approximate surface area is 112 Å². The minimum absolute atomic E-state index is 0.249. The van der Waals surface area contributed by atoms with Gasteiger partial charge in [0.05, 0.1) is 11.4 Å². The molecule has 2 atom stereocenters. The molecule has 19 heavy (non-hydrogen) atoms. The number of aromatic nitrogens is 3. The summed E-state index contributed by atoms with van der Waals surface area (Å²) in [5, 5.41) is 0. The lowest BCUT2D eigenvalue weighted by atomic mass is 10.2. The number of nitrogen functional groups attached to an aromatic ring is 6. The number of hydrogen-bond acceptors (Lipinski definition) is 8. The molecule has 0 aliphatic heterocycles. The van der Waals surface area contributed by atoms with Gasteiger partial charge in [-0.15, -0.1) is 4.51 Å². The van der Waals surface area contributed by atoms with Crippen LogP contribution in [0.1, 0.15) is 0 Å². The molecule has 0 fully saturated rings. The Hall–Kier alpha value is -1.40. The molecule has 2 rings (SSSR count). The fourth-order valence-corrected chi connectivity index (χ4v) is 5.29. The van der Waals surface area contributed by atoms with Crippen molar-refractivity contribution in [3.63, 3.8) is 0 Å². The van der Waals surface area contributed by atoms with E-state index < -0.39 is 16.1 Å². The summed E-state index contributed by atoms with van der Waals surface area (Å²) >= 11 is 0. The molecule has 10 nitrogen and oxygen atoms in total. The predicted molar refractivity (Wildman–Crippen MR) is 81.9 cm³/mol. The summed E-state index contributed by atoms with van der Waals surface area (Å²) in [5.74, 6) is 11.8. The first-order chi connectivity index (χ1) is 8.91. The second kappa shape index (κ2) is 5.30. The highest BCUT2D eigenvalue weighted by atomic mass is 31.2. The summed E-state index contributed by atoms with van der Waals surface area (Å²) < 4.78 is 12.4. The highest BCUT2D eigenvalue weighted by molar-refractivity contribution is 7.58. The molecule has 1 aromatic heterocycles. The maximum absolute atomic E-state index is 5.82. The van der Waals surface area contributed by atoms with Gasteiger partial charge in [-0.3, -0.25) is 5.50 Å². The monoisotopic (exact) mass is 321 g/mol. The Kier molecular flexibility index (Phi) is 3.91. The highest BCUT2D eigenvalue weighted by Gasteiger charge is 2.11. The lowest BCUT2D eigenvalue weighted by molar-refractivity contribution is 0.621. The first-order valence-corrected chi connectivity index (χ1v) is 8.17. The van der Waals surface area contributed by atoms with Crippen LogP contribution < -0.4 is 38.9 Å². The van der Waals surface area contributed by atoms with Gasteiger partial charge in [0, 0.05) is 0 Å². The van der Waals surface area contributed by atoms with E-state index in [-0.39, 0.29) is 11.4 Å². The topological polar surface area (TPSA) is 188 Å².